The minimum atomic E-state index is 0.118. The lowest BCUT2D eigenvalue weighted by atomic mass is 10.4. The van der Waals surface area contributed by atoms with E-state index >= 15 is 0 Å². The van der Waals surface area contributed by atoms with Crippen LogP contribution < -0.4 is 9.64 Å². The van der Waals surface area contributed by atoms with Crippen molar-refractivity contribution in [2.75, 3.05) is 25.1 Å². The fraction of sp³-hybridized carbons (Fsp3) is 0.545. The molecule has 0 aliphatic rings. The molecule has 1 aromatic heterocycles. The maximum atomic E-state index is 8.81. The van der Waals surface area contributed by atoms with Crippen molar-refractivity contribution in [3.05, 3.63) is 18.3 Å². The number of likely N-dealkylation sites (N-methyl/N-ethyl adjacent to an activating group) is 1. The van der Waals surface area contributed by atoms with E-state index in [1.165, 1.54) is 0 Å². The Bertz CT molecular complexity index is 302. The van der Waals surface area contributed by atoms with Gasteiger partial charge in [0.25, 0.3) is 0 Å². The van der Waals surface area contributed by atoms with Crippen LogP contribution in [0.15, 0.2) is 18.3 Å². The second kappa shape index (κ2) is 5.56. The Labute approximate surface area is 90.5 Å². The topological polar surface area (TPSA) is 45.6 Å². The normalized spacial score (nSPS) is 10.5. The van der Waals surface area contributed by atoms with Crippen LogP contribution in [0, 0.1) is 0 Å². The molecule has 1 aromatic rings. The molecule has 0 unspecified atom stereocenters. The van der Waals surface area contributed by atoms with Crippen molar-refractivity contribution in [1.29, 1.82) is 0 Å². The van der Waals surface area contributed by atoms with Crippen LogP contribution >= 0.6 is 0 Å². The van der Waals surface area contributed by atoms with Crippen LogP contribution in [0.1, 0.15) is 13.8 Å². The lowest BCUT2D eigenvalue weighted by molar-refractivity contribution is 0.242. The molecule has 0 aliphatic carbocycles. The summed E-state index contributed by atoms with van der Waals surface area (Å²) in [6, 6.07) is 3.70. The maximum absolute atomic E-state index is 8.81. The molecule has 84 valence electrons. The summed E-state index contributed by atoms with van der Waals surface area (Å²) in [6.07, 6.45) is 1.87. The molecule has 1 rings (SSSR count). The summed E-state index contributed by atoms with van der Waals surface area (Å²) < 4.78 is 5.55. The van der Waals surface area contributed by atoms with Gasteiger partial charge in [0.2, 0.25) is 0 Å². The summed E-state index contributed by atoms with van der Waals surface area (Å²) in [6.45, 7) is 4.65. The molecule has 0 atom stereocenters. The maximum Gasteiger partial charge on any atom is 0.132 e. The Kier molecular flexibility index (Phi) is 4.37. The van der Waals surface area contributed by atoms with Gasteiger partial charge in [0, 0.05) is 25.9 Å². The van der Waals surface area contributed by atoms with Crippen molar-refractivity contribution in [2.24, 2.45) is 0 Å². The number of hydrogen-bond acceptors (Lipinski definition) is 4. The fourth-order valence-corrected chi connectivity index (χ4v) is 1.22. The number of aromatic nitrogens is 1. The molecule has 0 radical (unpaired) electrons. The van der Waals surface area contributed by atoms with Crippen molar-refractivity contribution >= 4 is 5.82 Å². The van der Waals surface area contributed by atoms with Gasteiger partial charge in [-0.05, 0) is 19.9 Å². The smallest absolute Gasteiger partial charge is 0.132 e. The lowest BCUT2D eigenvalue weighted by Gasteiger charge is -2.18. The summed E-state index contributed by atoms with van der Waals surface area (Å²) in [5.74, 6) is 1.61. The van der Waals surface area contributed by atoms with E-state index < -0.39 is 0 Å². The average Bonchev–Trinajstić information content (AvgIpc) is 2.17. The Morgan fingerprint density at radius 1 is 1.53 bits per heavy atom. The Morgan fingerprint density at radius 2 is 2.27 bits per heavy atom. The Morgan fingerprint density at radius 3 is 2.87 bits per heavy atom. The fourth-order valence-electron chi connectivity index (χ4n) is 1.22. The van der Waals surface area contributed by atoms with Gasteiger partial charge in [-0.1, -0.05) is 0 Å². The Balaban J connectivity index is 2.73. The van der Waals surface area contributed by atoms with E-state index in [1.54, 1.807) is 6.20 Å². The lowest BCUT2D eigenvalue weighted by Crippen LogP contribution is -2.22. The van der Waals surface area contributed by atoms with Gasteiger partial charge < -0.3 is 14.7 Å². The van der Waals surface area contributed by atoms with Gasteiger partial charge in [-0.2, -0.15) is 0 Å². The monoisotopic (exact) mass is 210 g/mol. The third-order valence-corrected chi connectivity index (χ3v) is 1.92. The number of rotatable bonds is 5. The van der Waals surface area contributed by atoms with Crippen LogP contribution in [0.5, 0.6) is 5.75 Å². The van der Waals surface area contributed by atoms with E-state index in [4.69, 9.17) is 9.84 Å². The number of ether oxygens (including phenoxy) is 1. The highest BCUT2D eigenvalue weighted by Gasteiger charge is 2.04. The molecule has 0 fully saturated rings. The van der Waals surface area contributed by atoms with Crippen molar-refractivity contribution in [1.82, 2.24) is 4.98 Å². The third-order valence-electron chi connectivity index (χ3n) is 1.92. The van der Waals surface area contributed by atoms with Gasteiger partial charge in [0.1, 0.15) is 11.6 Å². The first-order chi connectivity index (χ1) is 7.13. The first kappa shape index (κ1) is 11.8. The number of aliphatic hydroxyl groups excluding tert-OH is 1. The Hall–Kier alpha value is -1.29. The van der Waals surface area contributed by atoms with Gasteiger partial charge in [-0.15, -0.1) is 0 Å². The van der Waals surface area contributed by atoms with Crippen LogP contribution in [0.3, 0.4) is 0 Å². The first-order valence-corrected chi connectivity index (χ1v) is 5.08. The van der Waals surface area contributed by atoms with Crippen molar-refractivity contribution < 1.29 is 9.84 Å². The average molecular weight is 210 g/mol. The molecule has 4 nitrogen and oxygen atoms in total. The molecule has 0 aliphatic heterocycles. The van der Waals surface area contributed by atoms with E-state index in [1.807, 2.05) is 37.9 Å². The predicted octanol–water partition coefficient (Wildman–Crippen LogP) is 1.30. The summed E-state index contributed by atoms with van der Waals surface area (Å²) in [5.41, 5.74) is 0. The number of pyridine rings is 1. The van der Waals surface area contributed by atoms with Gasteiger partial charge >= 0.3 is 0 Å². The highest BCUT2D eigenvalue weighted by Crippen LogP contribution is 2.18. The van der Waals surface area contributed by atoms with Crippen LogP contribution in [0.25, 0.3) is 0 Å². The van der Waals surface area contributed by atoms with Gasteiger partial charge in [-0.3, -0.25) is 0 Å². The van der Waals surface area contributed by atoms with Crippen molar-refractivity contribution in [3.8, 4) is 5.75 Å². The molecule has 0 amide bonds. The summed E-state index contributed by atoms with van der Waals surface area (Å²) >= 11 is 0. The summed E-state index contributed by atoms with van der Waals surface area (Å²) in [4.78, 5) is 6.08. The van der Waals surface area contributed by atoms with Crippen LogP contribution in [-0.4, -0.2) is 36.4 Å². The molecule has 1 N–H and O–H groups in total. The third kappa shape index (κ3) is 3.75. The number of hydrogen-bond donors (Lipinski definition) is 1. The van der Waals surface area contributed by atoms with Gasteiger partial charge in [0.15, 0.2) is 0 Å². The highest BCUT2D eigenvalue weighted by atomic mass is 16.5. The molecule has 0 aromatic carbocycles. The van der Waals surface area contributed by atoms with Gasteiger partial charge in [-0.25, -0.2) is 4.98 Å². The second-order valence-electron chi connectivity index (χ2n) is 3.66. The molecular formula is C11H18N2O2. The molecule has 0 saturated carbocycles. The first-order valence-electron chi connectivity index (χ1n) is 5.08. The molecule has 1 heterocycles. The zero-order chi connectivity index (χ0) is 11.3. The number of nitrogens with zero attached hydrogens (tertiary/aromatic N) is 2. The van der Waals surface area contributed by atoms with E-state index in [0.717, 1.165) is 11.6 Å². The molecule has 0 spiro atoms. The zero-order valence-electron chi connectivity index (χ0n) is 9.47. The summed E-state index contributed by atoms with van der Waals surface area (Å²) in [5, 5.41) is 8.81. The largest absolute Gasteiger partial charge is 0.491 e. The van der Waals surface area contributed by atoms with Crippen molar-refractivity contribution in [3.63, 3.8) is 0 Å². The molecule has 0 saturated heterocycles. The van der Waals surface area contributed by atoms with E-state index in [-0.39, 0.29) is 12.7 Å². The van der Waals surface area contributed by atoms with Crippen molar-refractivity contribution in [2.45, 2.75) is 20.0 Å². The molecule has 0 bridgehead atoms. The van der Waals surface area contributed by atoms with Gasteiger partial charge in [0.05, 0.1) is 12.7 Å². The molecule has 15 heavy (non-hydrogen) atoms. The molecule has 4 heteroatoms. The van der Waals surface area contributed by atoms with E-state index in [9.17, 15) is 0 Å². The van der Waals surface area contributed by atoms with Crippen LogP contribution in [0.2, 0.25) is 0 Å². The van der Waals surface area contributed by atoms with Crippen LogP contribution in [0.4, 0.5) is 5.82 Å². The number of anilines is 1. The van der Waals surface area contributed by atoms with E-state index in [2.05, 4.69) is 4.98 Å². The SMILES string of the molecule is CC(C)Oc1ccnc(N(C)CCO)c1. The zero-order valence-corrected chi connectivity index (χ0v) is 9.47. The number of aliphatic hydroxyl groups is 1. The molecular weight excluding hydrogens is 192 g/mol. The standard InChI is InChI=1S/C11H18N2O2/c1-9(2)15-10-4-5-12-11(8-10)13(3)6-7-14/h4-5,8-9,14H,6-7H2,1-3H3. The summed E-state index contributed by atoms with van der Waals surface area (Å²) in [7, 11) is 1.89. The predicted molar refractivity (Wildman–Crippen MR) is 60.4 cm³/mol. The highest BCUT2D eigenvalue weighted by molar-refractivity contribution is 5.42. The quantitative estimate of drug-likeness (QED) is 0.795. The van der Waals surface area contributed by atoms with E-state index in [0.29, 0.717) is 6.54 Å². The minimum Gasteiger partial charge on any atom is -0.491 e. The second-order valence-corrected chi connectivity index (χ2v) is 3.66. The minimum absolute atomic E-state index is 0.118. The van der Waals surface area contributed by atoms with Crippen LogP contribution in [-0.2, 0) is 0 Å².